The quantitative estimate of drug-likeness (QED) is 0.535. The Bertz CT molecular complexity index is 807. The summed E-state index contributed by atoms with van der Waals surface area (Å²) >= 11 is 3.12. The molecule has 0 radical (unpaired) electrons. The molecule has 28 heavy (non-hydrogen) atoms. The molecule has 0 spiro atoms. The van der Waals surface area contributed by atoms with Crippen LogP contribution in [0, 0.1) is 0 Å². The summed E-state index contributed by atoms with van der Waals surface area (Å²) in [5, 5.41) is 5.33. The number of carbonyl (C=O) groups excluding carboxylic acids is 2. The Balaban J connectivity index is 1.89. The van der Waals surface area contributed by atoms with Crippen molar-refractivity contribution in [3.63, 3.8) is 0 Å². The fraction of sp³-hybridized carbons (Fsp3) is 0.368. The molecule has 0 saturated heterocycles. The molecule has 8 nitrogen and oxygen atoms in total. The molecule has 1 atom stereocenters. The third kappa shape index (κ3) is 6.28. The highest BCUT2D eigenvalue weighted by Crippen LogP contribution is 2.30. The normalized spacial score (nSPS) is 11.6. The van der Waals surface area contributed by atoms with Crippen molar-refractivity contribution in [3.05, 3.63) is 46.3 Å². The summed E-state index contributed by atoms with van der Waals surface area (Å²) in [6, 6.07) is 8.25. The standard InChI is InChI=1S/C19H23BrN2O6/c1-12(13-4-5-14(16(10-13)26-3)27-9-8-25-2)22-18(23)11-21-19(24)15-6-7-17(20)28-15/h4-7,10,12H,8-9,11H2,1-3H3,(H,21,24)(H,22,23). The second-order valence-corrected chi connectivity index (χ2v) is 6.61. The molecule has 1 aromatic heterocycles. The average Bonchev–Trinajstić information content (AvgIpc) is 3.12. The van der Waals surface area contributed by atoms with E-state index in [4.69, 9.17) is 18.6 Å². The maximum atomic E-state index is 12.1. The number of hydrogen-bond donors (Lipinski definition) is 2. The first-order chi connectivity index (χ1) is 13.4. The van der Waals surface area contributed by atoms with Gasteiger partial charge in [-0.1, -0.05) is 6.07 Å². The van der Waals surface area contributed by atoms with Gasteiger partial charge in [0.25, 0.3) is 5.91 Å². The third-order valence-electron chi connectivity index (χ3n) is 3.82. The SMILES string of the molecule is COCCOc1ccc(C(C)NC(=O)CNC(=O)c2ccc(Br)o2)cc1OC. The molecule has 0 fully saturated rings. The molecule has 0 bridgehead atoms. The maximum Gasteiger partial charge on any atom is 0.287 e. The lowest BCUT2D eigenvalue weighted by atomic mass is 10.1. The highest BCUT2D eigenvalue weighted by molar-refractivity contribution is 9.10. The van der Waals surface area contributed by atoms with Gasteiger partial charge >= 0.3 is 0 Å². The van der Waals surface area contributed by atoms with E-state index in [2.05, 4.69) is 26.6 Å². The number of methoxy groups -OCH3 is 2. The van der Waals surface area contributed by atoms with Gasteiger partial charge in [0.2, 0.25) is 5.91 Å². The molecule has 1 heterocycles. The van der Waals surface area contributed by atoms with E-state index in [0.717, 1.165) is 5.56 Å². The summed E-state index contributed by atoms with van der Waals surface area (Å²) in [5.41, 5.74) is 0.839. The zero-order valence-electron chi connectivity index (χ0n) is 15.9. The molecule has 2 rings (SSSR count). The van der Waals surface area contributed by atoms with Crippen molar-refractivity contribution in [3.8, 4) is 11.5 Å². The Hall–Kier alpha value is -2.52. The smallest absolute Gasteiger partial charge is 0.287 e. The number of furan rings is 1. The van der Waals surface area contributed by atoms with Crippen molar-refractivity contribution in [2.24, 2.45) is 0 Å². The van der Waals surface area contributed by atoms with Crippen LogP contribution in [0.4, 0.5) is 0 Å². The van der Waals surface area contributed by atoms with Crippen LogP contribution in [0.1, 0.15) is 29.1 Å². The van der Waals surface area contributed by atoms with Crippen LogP contribution in [-0.2, 0) is 9.53 Å². The summed E-state index contributed by atoms with van der Waals surface area (Å²) in [7, 11) is 3.15. The number of hydrogen-bond acceptors (Lipinski definition) is 6. The molecule has 0 aliphatic carbocycles. The summed E-state index contributed by atoms with van der Waals surface area (Å²) in [6.45, 7) is 2.54. The Labute approximate surface area is 171 Å². The van der Waals surface area contributed by atoms with Gasteiger partial charge in [-0.3, -0.25) is 9.59 Å². The van der Waals surface area contributed by atoms with E-state index in [1.165, 1.54) is 6.07 Å². The summed E-state index contributed by atoms with van der Waals surface area (Å²) < 4.78 is 21.5. The van der Waals surface area contributed by atoms with E-state index < -0.39 is 5.91 Å². The number of benzene rings is 1. The van der Waals surface area contributed by atoms with E-state index in [1.54, 1.807) is 32.4 Å². The van der Waals surface area contributed by atoms with Gasteiger partial charge in [0.15, 0.2) is 21.9 Å². The molecule has 1 aromatic carbocycles. The average molecular weight is 455 g/mol. The van der Waals surface area contributed by atoms with Crippen molar-refractivity contribution >= 4 is 27.7 Å². The molecule has 0 saturated carbocycles. The van der Waals surface area contributed by atoms with Gasteiger partial charge in [-0.15, -0.1) is 0 Å². The molecule has 2 N–H and O–H groups in total. The van der Waals surface area contributed by atoms with Gasteiger partial charge in [-0.25, -0.2) is 0 Å². The largest absolute Gasteiger partial charge is 0.493 e. The highest BCUT2D eigenvalue weighted by atomic mass is 79.9. The van der Waals surface area contributed by atoms with Crippen LogP contribution in [-0.4, -0.2) is 45.8 Å². The minimum atomic E-state index is -0.465. The van der Waals surface area contributed by atoms with Gasteiger partial charge in [0.1, 0.15) is 6.61 Å². The second-order valence-electron chi connectivity index (χ2n) is 5.83. The van der Waals surface area contributed by atoms with E-state index >= 15 is 0 Å². The van der Waals surface area contributed by atoms with Crippen LogP contribution >= 0.6 is 15.9 Å². The number of nitrogens with one attached hydrogen (secondary N) is 2. The van der Waals surface area contributed by atoms with Gasteiger partial charge in [-0.2, -0.15) is 0 Å². The Morgan fingerprint density at radius 3 is 2.57 bits per heavy atom. The van der Waals surface area contributed by atoms with E-state index in [9.17, 15) is 9.59 Å². The zero-order chi connectivity index (χ0) is 20.5. The van der Waals surface area contributed by atoms with E-state index in [1.807, 2.05) is 13.0 Å². The van der Waals surface area contributed by atoms with Gasteiger partial charge < -0.3 is 29.3 Å². The predicted octanol–water partition coefficient (Wildman–Crippen LogP) is 2.68. The van der Waals surface area contributed by atoms with Crippen molar-refractivity contribution in [2.45, 2.75) is 13.0 Å². The highest BCUT2D eigenvalue weighted by Gasteiger charge is 2.15. The number of ether oxygens (including phenoxy) is 3. The van der Waals surface area contributed by atoms with Crippen molar-refractivity contribution in [2.75, 3.05) is 34.0 Å². The number of carbonyl (C=O) groups is 2. The van der Waals surface area contributed by atoms with Gasteiger partial charge in [0.05, 0.1) is 26.3 Å². The van der Waals surface area contributed by atoms with E-state index in [0.29, 0.717) is 29.4 Å². The number of amides is 2. The monoisotopic (exact) mass is 454 g/mol. The summed E-state index contributed by atoms with van der Waals surface area (Å²) in [5.74, 6) is 0.491. The minimum Gasteiger partial charge on any atom is -0.493 e. The molecule has 0 aliphatic heterocycles. The Morgan fingerprint density at radius 1 is 1.14 bits per heavy atom. The van der Waals surface area contributed by atoms with Crippen molar-refractivity contribution in [1.82, 2.24) is 10.6 Å². The first kappa shape index (κ1) is 21.8. The van der Waals surface area contributed by atoms with Crippen LogP contribution in [0.5, 0.6) is 11.5 Å². The van der Waals surface area contributed by atoms with Gasteiger partial charge in [0, 0.05) is 7.11 Å². The van der Waals surface area contributed by atoms with Crippen LogP contribution < -0.4 is 20.1 Å². The molecule has 152 valence electrons. The first-order valence-corrected chi connectivity index (χ1v) is 9.36. The predicted molar refractivity (Wildman–Crippen MR) is 106 cm³/mol. The van der Waals surface area contributed by atoms with Crippen LogP contribution in [0.2, 0.25) is 0 Å². The fourth-order valence-corrected chi connectivity index (χ4v) is 2.67. The van der Waals surface area contributed by atoms with Crippen molar-refractivity contribution < 1.29 is 28.2 Å². The molecular formula is C19H23BrN2O6. The zero-order valence-corrected chi connectivity index (χ0v) is 17.5. The molecule has 1 unspecified atom stereocenters. The third-order valence-corrected chi connectivity index (χ3v) is 4.24. The molecule has 2 amide bonds. The van der Waals surface area contributed by atoms with E-state index in [-0.39, 0.29) is 24.3 Å². The molecule has 9 heteroatoms. The van der Waals surface area contributed by atoms with Crippen LogP contribution in [0.15, 0.2) is 39.4 Å². The Kier molecular flexibility index (Phi) is 8.34. The first-order valence-electron chi connectivity index (χ1n) is 8.57. The lowest BCUT2D eigenvalue weighted by molar-refractivity contribution is -0.120. The maximum absolute atomic E-state index is 12.1. The Morgan fingerprint density at radius 2 is 1.93 bits per heavy atom. The van der Waals surface area contributed by atoms with Crippen LogP contribution in [0.25, 0.3) is 0 Å². The van der Waals surface area contributed by atoms with Crippen molar-refractivity contribution in [1.29, 1.82) is 0 Å². The number of rotatable bonds is 10. The number of halogens is 1. The molecule has 2 aromatic rings. The topological polar surface area (TPSA) is 99.0 Å². The lowest BCUT2D eigenvalue weighted by Gasteiger charge is -2.17. The van der Waals surface area contributed by atoms with Crippen LogP contribution in [0.3, 0.4) is 0 Å². The summed E-state index contributed by atoms with van der Waals surface area (Å²) in [6.07, 6.45) is 0. The molecular weight excluding hydrogens is 432 g/mol. The second kappa shape index (κ2) is 10.7. The molecule has 0 aliphatic rings. The summed E-state index contributed by atoms with van der Waals surface area (Å²) in [4.78, 5) is 24.0. The fourth-order valence-electron chi connectivity index (χ4n) is 2.37. The van der Waals surface area contributed by atoms with Gasteiger partial charge in [-0.05, 0) is 52.7 Å². The minimum absolute atomic E-state index is 0.126. The lowest BCUT2D eigenvalue weighted by Crippen LogP contribution is -2.37.